The fraction of sp³-hybridized carbons (Fsp3) is 0.214. The van der Waals surface area contributed by atoms with Crippen LogP contribution in [-0.2, 0) is 4.79 Å². The smallest absolute Gasteiger partial charge is 0.249 e. The van der Waals surface area contributed by atoms with Gasteiger partial charge >= 0.3 is 0 Å². The SMILES string of the molecule is CC(C(=O)Nc1ccc(F)cc1C#CCN)n1cncn1. The van der Waals surface area contributed by atoms with E-state index in [2.05, 4.69) is 27.2 Å². The van der Waals surface area contributed by atoms with Crippen LogP contribution in [0.3, 0.4) is 0 Å². The molecule has 0 bridgehead atoms. The van der Waals surface area contributed by atoms with Crippen LogP contribution in [0, 0.1) is 17.7 Å². The van der Waals surface area contributed by atoms with Crippen molar-refractivity contribution in [1.29, 1.82) is 0 Å². The number of amides is 1. The minimum Gasteiger partial charge on any atom is -0.323 e. The third-order valence-electron chi connectivity index (χ3n) is 2.78. The summed E-state index contributed by atoms with van der Waals surface area (Å²) in [5.74, 6) is 4.63. The standard InChI is InChI=1S/C14H14FN5O/c1-10(20-9-17-8-18-20)14(21)19-13-5-4-12(15)7-11(13)3-2-6-16/h4-5,7-10H,6,16H2,1H3,(H,19,21). The largest absolute Gasteiger partial charge is 0.323 e. The lowest BCUT2D eigenvalue weighted by atomic mass is 10.1. The van der Waals surface area contributed by atoms with Crippen molar-refractivity contribution in [3.63, 3.8) is 0 Å². The maximum absolute atomic E-state index is 13.3. The molecule has 2 aromatic rings. The van der Waals surface area contributed by atoms with Gasteiger partial charge in [0.15, 0.2) is 0 Å². The molecule has 1 atom stereocenters. The highest BCUT2D eigenvalue weighted by molar-refractivity contribution is 5.94. The zero-order chi connectivity index (χ0) is 15.2. The molecule has 0 fully saturated rings. The zero-order valence-electron chi connectivity index (χ0n) is 11.4. The van der Waals surface area contributed by atoms with E-state index in [4.69, 9.17) is 5.73 Å². The van der Waals surface area contributed by atoms with Crippen LogP contribution in [0.1, 0.15) is 18.5 Å². The van der Waals surface area contributed by atoms with Crippen LogP contribution in [0.15, 0.2) is 30.9 Å². The highest BCUT2D eigenvalue weighted by Crippen LogP contribution is 2.17. The molecule has 7 heteroatoms. The Morgan fingerprint density at radius 3 is 3.05 bits per heavy atom. The first-order chi connectivity index (χ1) is 10.1. The van der Waals surface area contributed by atoms with E-state index in [0.29, 0.717) is 11.3 Å². The van der Waals surface area contributed by atoms with Crippen molar-refractivity contribution >= 4 is 11.6 Å². The molecule has 0 spiro atoms. The number of nitrogens with two attached hydrogens (primary N) is 1. The Morgan fingerprint density at radius 1 is 1.57 bits per heavy atom. The van der Waals surface area contributed by atoms with Gasteiger partial charge in [-0.25, -0.2) is 14.1 Å². The monoisotopic (exact) mass is 287 g/mol. The van der Waals surface area contributed by atoms with Crippen molar-refractivity contribution < 1.29 is 9.18 Å². The zero-order valence-corrected chi connectivity index (χ0v) is 11.4. The summed E-state index contributed by atoms with van der Waals surface area (Å²) in [6, 6.07) is 3.41. The molecule has 1 aromatic carbocycles. The number of rotatable bonds is 3. The van der Waals surface area contributed by atoms with Crippen LogP contribution in [0.2, 0.25) is 0 Å². The maximum Gasteiger partial charge on any atom is 0.249 e. The van der Waals surface area contributed by atoms with E-state index in [-0.39, 0.29) is 12.5 Å². The predicted molar refractivity (Wildman–Crippen MR) is 75.7 cm³/mol. The molecule has 0 saturated heterocycles. The number of halogens is 1. The summed E-state index contributed by atoms with van der Waals surface area (Å²) >= 11 is 0. The summed E-state index contributed by atoms with van der Waals surface area (Å²) in [5, 5.41) is 6.60. The number of hydrogen-bond donors (Lipinski definition) is 2. The van der Waals surface area contributed by atoms with E-state index >= 15 is 0 Å². The molecular weight excluding hydrogens is 273 g/mol. The summed E-state index contributed by atoms with van der Waals surface area (Å²) < 4.78 is 14.7. The molecular formula is C14H14FN5O. The number of carbonyl (C=O) groups excluding carboxylic acids is 1. The molecule has 1 amide bonds. The van der Waals surface area contributed by atoms with Crippen LogP contribution in [0.4, 0.5) is 10.1 Å². The third-order valence-corrected chi connectivity index (χ3v) is 2.78. The minimum atomic E-state index is -0.548. The molecule has 1 unspecified atom stereocenters. The summed E-state index contributed by atoms with van der Waals surface area (Å²) in [5.41, 5.74) is 6.10. The van der Waals surface area contributed by atoms with Gasteiger partial charge in [0.2, 0.25) is 5.91 Å². The topological polar surface area (TPSA) is 85.8 Å². The second-order valence-electron chi connectivity index (χ2n) is 4.24. The highest BCUT2D eigenvalue weighted by atomic mass is 19.1. The lowest BCUT2D eigenvalue weighted by molar-refractivity contribution is -0.119. The van der Waals surface area contributed by atoms with Gasteiger partial charge in [0.1, 0.15) is 24.5 Å². The third kappa shape index (κ3) is 3.64. The normalized spacial score (nSPS) is 11.4. The fourth-order valence-corrected chi connectivity index (χ4v) is 1.65. The van der Waals surface area contributed by atoms with E-state index in [1.165, 1.54) is 35.5 Å². The second kappa shape index (κ2) is 6.63. The van der Waals surface area contributed by atoms with Gasteiger partial charge in [-0.2, -0.15) is 5.10 Å². The van der Waals surface area contributed by atoms with Gasteiger partial charge in [-0.3, -0.25) is 4.79 Å². The Hall–Kier alpha value is -2.72. The first kappa shape index (κ1) is 14.7. The van der Waals surface area contributed by atoms with Crippen molar-refractivity contribution in [1.82, 2.24) is 14.8 Å². The number of nitrogens with one attached hydrogen (secondary N) is 1. The van der Waals surface area contributed by atoms with Gasteiger partial charge in [-0.15, -0.1) is 0 Å². The van der Waals surface area contributed by atoms with E-state index in [9.17, 15) is 9.18 Å². The van der Waals surface area contributed by atoms with Gasteiger partial charge in [0, 0.05) is 0 Å². The maximum atomic E-state index is 13.3. The average Bonchev–Trinajstić information content (AvgIpc) is 3.00. The Bertz CT molecular complexity index is 687. The van der Waals surface area contributed by atoms with Crippen LogP contribution >= 0.6 is 0 Å². The van der Waals surface area contributed by atoms with Crippen LogP contribution in [0.25, 0.3) is 0 Å². The van der Waals surface area contributed by atoms with Gasteiger partial charge in [0.05, 0.1) is 17.8 Å². The molecule has 3 N–H and O–H groups in total. The van der Waals surface area contributed by atoms with E-state index in [0.717, 1.165) is 0 Å². The number of nitrogens with zero attached hydrogens (tertiary/aromatic N) is 3. The number of aromatic nitrogens is 3. The first-order valence-electron chi connectivity index (χ1n) is 6.25. The van der Waals surface area contributed by atoms with Crippen LogP contribution in [-0.4, -0.2) is 27.2 Å². The summed E-state index contributed by atoms with van der Waals surface area (Å²) in [4.78, 5) is 15.9. The van der Waals surface area contributed by atoms with E-state index in [1.807, 2.05) is 0 Å². The van der Waals surface area contributed by atoms with Crippen molar-refractivity contribution in [2.45, 2.75) is 13.0 Å². The summed E-state index contributed by atoms with van der Waals surface area (Å²) in [6.07, 6.45) is 2.80. The number of anilines is 1. The molecule has 2 rings (SSSR count). The van der Waals surface area contributed by atoms with E-state index in [1.54, 1.807) is 6.92 Å². The molecule has 0 aliphatic carbocycles. The summed E-state index contributed by atoms with van der Waals surface area (Å²) in [7, 11) is 0. The number of hydrogen-bond acceptors (Lipinski definition) is 4. The Balaban J connectivity index is 2.21. The van der Waals surface area contributed by atoms with Gasteiger partial charge in [-0.1, -0.05) is 11.8 Å². The highest BCUT2D eigenvalue weighted by Gasteiger charge is 2.16. The Labute approximate surface area is 121 Å². The van der Waals surface area contributed by atoms with Crippen molar-refractivity contribution in [2.24, 2.45) is 5.73 Å². The van der Waals surface area contributed by atoms with Crippen molar-refractivity contribution in [3.8, 4) is 11.8 Å². The molecule has 21 heavy (non-hydrogen) atoms. The predicted octanol–water partition coefficient (Wildman–Crippen LogP) is 0.927. The molecule has 108 valence electrons. The first-order valence-corrected chi connectivity index (χ1v) is 6.25. The molecule has 0 aliphatic rings. The summed E-state index contributed by atoms with van der Waals surface area (Å²) in [6.45, 7) is 1.83. The van der Waals surface area contributed by atoms with Gasteiger partial charge in [0.25, 0.3) is 0 Å². The lowest BCUT2D eigenvalue weighted by Crippen LogP contribution is -2.24. The number of carbonyl (C=O) groups is 1. The molecule has 6 nitrogen and oxygen atoms in total. The van der Waals surface area contributed by atoms with E-state index < -0.39 is 11.9 Å². The Morgan fingerprint density at radius 2 is 2.38 bits per heavy atom. The number of benzene rings is 1. The second-order valence-corrected chi connectivity index (χ2v) is 4.24. The quantitative estimate of drug-likeness (QED) is 0.822. The van der Waals surface area contributed by atoms with Crippen LogP contribution < -0.4 is 11.1 Å². The van der Waals surface area contributed by atoms with Gasteiger partial charge in [-0.05, 0) is 25.1 Å². The van der Waals surface area contributed by atoms with Crippen LogP contribution in [0.5, 0.6) is 0 Å². The minimum absolute atomic E-state index is 0.152. The average molecular weight is 287 g/mol. The fourth-order valence-electron chi connectivity index (χ4n) is 1.65. The van der Waals surface area contributed by atoms with Crippen molar-refractivity contribution in [3.05, 3.63) is 42.2 Å². The molecule has 0 aliphatic heterocycles. The Kier molecular flexibility index (Phi) is 4.64. The van der Waals surface area contributed by atoms with Gasteiger partial charge < -0.3 is 11.1 Å². The molecule has 1 heterocycles. The molecule has 1 aromatic heterocycles. The van der Waals surface area contributed by atoms with Crippen molar-refractivity contribution in [2.75, 3.05) is 11.9 Å². The lowest BCUT2D eigenvalue weighted by Gasteiger charge is -2.13. The molecule has 0 saturated carbocycles. The molecule has 0 radical (unpaired) electrons.